The van der Waals surface area contributed by atoms with Gasteiger partial charge in [-0.15, -0.1) is 0 Å². The van der Waals surface area contributed by atoms with E-state index in [1.807, 2.05) is 13.8 Å². The minimum atomic E-state index is -0.706. The van der Waals surface area contributed by atoms with Gasteiger partial charge in [-0.3, -0.25) is 0 Å². The molecule has 0 aromatic rings. The number of hydrogen-bond acceptors (Lipinski definition) is 2. The van der Waals surface area contributed by atoms with Crippen LogP contribution in [0.1, 0.15) is 13.8 Å². The SMILES string of the molecule is CC(C)N[C@@H]1CNC[C@H]1F. The minimum absolute atomic E-state index is 0.0278. The quantitative estimate of drug-likeness (QED) is 0.585. The van der Waals surface area contributed by atoms with E-state index < -0.39 is 6.17 Å². The molecule has 1 heterocycles. The molecule has 2 nitrogen and oxygen atoms in total. The molecule has 10 heavy (non-hydrogen) atoms. The van der Waals surface area contributed by atoms with Gasteiger partial charge < -0.3 is 10.6 Å². The Labute approximate surface area is 61.2 Å². The first-order valence-corrected chi connectivity index (χ1v) is 3.81. The van der Waals surface area contributed by atoms with Crippen molar-refractivity contribution < 1.29 is 4.39 Å². The average molecular weight is 146 g/mol. The van der Waals surface area contributed by atoms with Gasteiger partial charge in [0.1, 0.15) is 6.17 Å². The van der Waals surface area contributed by atoms with E-state index in [4.69, 9.17) is 0 Å². The van der Waals surface area contributed by atoms with Crippen molar-refractivity contribution >= 4 is 0 Å². The maximum absolute atomic E-state index is 12.8. The molecular formula is C7H15FN2. The van der Waals surface area contributed by atoms with Crippen LogP contribution in [-0.2, 0) is 0 Å². The summed E-state index contributed by atoms with van der Waals surface area (Å²) >= 11 is 0. The molecule has 0 aromatic heterocycles. The van der Waals surface area contributed by atoms with Gasteiger partial charge in [-0.1, -0.05) is 13.8 Å². The Morgan fingerprint density at radius 2 is 2.20 bits per heavy atom. The number of rotatable bonds is 2. The molecule has 2 N–H and O–H groups in total. The summed E-state index contributed by atoms with van der Waals surface area (Å²) in [5.41, 5.74) is 0. The lowest BCUT2D eigenvalue weighted by Crippen LogP contribution is -2.41. The molecule has 0 saturated carbocycles. The molecule has 0 bridgehead atoms. The lowest BCUT2D eigenvalue weighted by atomic mass is 10.2. The van der Waals surface area contributed by atoms with Crippen LogP contribution < -0.4 is 10.6 Å². The fourth-order valence-electron chi connectivity index (χ4n) is 1.24. The summed E-state index contributed by atoms with van der Waals surface area (Å²) in [7, 11) is 0. The number of nitrogens with one attached hydrogen (secondary N) is 2. The molecule has 0 amide bonds. The molecule has 0 spiro atoms. The van der Waals surface area contributed by atoms with Gasteiger partial charge >= 0.3 is 0 Å². The van der Waals surface area contributed by atoms with E-state index in [1.54, 1.807) is 0 Å². The van der Waals surface area contributed by atoms with Gasteiger partial charge in [-0.25, -0.2) is 4.39 Å². The molecule has 0 aliphatic carbocycles. The second-order valence-corrected chi connectivity index (χ2v) is 3.10. The summed E-state index contributed by atoms with van der Waals surface area (Å²) in [6.45, 7) is 5.33. The summed E-state index contributed by atoms with van der Waals surface area (Å²) < 4.78 is 12.8. The lowest BCUT2D eigenvalue weighted by Gasteiger charge is -2.16. The molecule has 1 fully saturated rings. The summed E-state index contributed by atoms with van der Waals surface area (Å²) in [6.07, 6.45) is -0.706. The zero-order chi connectivity index (χ0) is 7.56. The van der Waals surface area contributed by atoms with Crippen molar-refractivity contribution in [3.63, 3.8) is 0 Å². The second-order valence-electron chi connectivity index (χ2n) is 3.10. The highest BCUT2D eigenvalue weighted by atomic mass is 19.1. The molecule has 1 saturated heterocycles. The molecule has 1 rings (SSSR count). The molecule has 0 radical (unpaired) electrons. The van der Waals surface area contributed by atoms with Crippen LogP contribution in [0.3, 0.4) is 0 Å². The third kappa shape index (κ3) is 1.92. The smallest absolute Gasteiger partial charge is 0.129 e. The highest BCUT2D eigenvalue weighted by Crippen LogP contribution is 2.04. The summed E-state index contributed by atoms with van der Waals surface area (Å²) in [4.78, 5) is 0. The zero-order valence-electron chi connectivity index (χ0n) is 6.52. The van der Waals surface area contributed by atoms with E-state index in [1.165, 1.54) is 0 Å². The summed E-state index contributed by atoms with van der Waals surface area (Å²) in [5, 5.41) is 6.14. The maximum Gasteiger partial charge on any atom is 0.129 e. The molecule has 0 aromatic carbocycles. The Balaban J connectivity index is 2.26. The standard InChI is InChI=1S/C7H15FN2/c1-5(2)10-7-4-9-3-6(7)8/h5-7,9-10H,3-4H2,1-2H3/t6-,7-/m1/s1. The largest absolute Gasteiger partial charge is 0.312 e. The highest BCUT2D eigenvalue weighted by molar-refractivity contribution is 4.87. The molecular weight excluding hydrogens is 131 g/mol. The van der Waals surface area contributed by atoms with Gasteiger partial charge in [0.2, 0.25) is 0 Å². The van der Waals surface area contributed by atoms with Crippen molar-refractivity contribution in [2.45, 2.75) is 32.1 Å². The first-order valence-electron chi connectivity index (χ1n) is 3.81. The molecule has 2 atom stereocenters. The topological polar surface area (TPSA) is 24.1 Å². The summed E-state index contributed by atoms with van der Waals surface area (Å²) in [5.74, 6) is 0. The molecule has 0 unspecified atom stereocenters. The predicted octanol–water partition coefficient (Wildman–Crippen LogP) is 0.294. The van der Waals surface area contributed by atoms with Crippen LogP contribution in [0, 0.1) is 0 Å². The molecule has 60 valence electrons. The van der Waals surface area contributed by atoms with Crippen LogP contribution in [-0.4, -0.2) is 31.3 Å². The molecule has 1 aliphatic heterocycles. The van der Waals surface area contributed by atoms with E-state index in [2.05, 4.69) is 10.6 Å². The number of halogens is 1. The Hall–Kier alpha value is -0.150. The zero-order valence-corrected chi connectivity index (χ0v) is 6.52. The van der Waals surface area contributed by atoms with E-state index >= 15 is 0 Å². The fraction of sp³-hybridized carbons (Fsp3) is 1.00. The summed E-state index contributed by atoms with van der Waals surface area (Å²) in [6, 6.07) is 0.406. The van der Waals surface area contributed by atoms with E-state index in [0.717, 1.165) is 6.54 Å². The van der Waals surface area contributed by atoms with Crippen molar-refractivity contribution in [1.82, 2.24) is 10.6 Å². The Morgan fingerprint density at radius 1 is 1.50 bits per heavy atom. The van der Waals surface area contributed by atoms with E-state index in [9.17, 15) is 4.39 Å². The Bertz CT molecular complexity index is 106. The van der Waals surface area contributed by atoms with Gasteiger partial charge in [0, 0.05) is 19.1 Å². The average Bonchev–Trinajstić information content (AvgIpc) is 2.15. The minimum Gasteiger partial charge on any atom is -0.312 e. The van der Waals surface area contributed by atoms with E-state index in [0.29, 0.717) is 12.6 Å². The second kappa shape index (κ2) is 3.30. The lowest BCUT2D eigenvalue weighted by molar-refractivity contribution is 0.288. The normalized spacial score (nSPS) is 33.6. The third-order valence-corrected chi connectivity index (χ3v) is 1.69. The predicted molar refractivity (Wildman–Crippen MR) is 39.8 cm³/mol. The van der Waals surface area contributed by atoms with Crippen LogP contribution in [0.5, 0.6) is 0 Å². The van der Waals surface area contributed by atoms with Crippen molar-refractivity contribution in [3.05, 3.63) is 0 Å². The van der Waals surface area contributed by atoms with Gasteiger partial charge in [-0.2, -0.15) is 0 Å². The molecule has 3 heteroatoms. The molecule has 1 aliphatic rings. The van der Waals surface area contributed by atoms with Crippen molar-refractivity contribution in [3.8, 4) is 0 Å². The Morgan fingerprint density at radius 3 is 2.60 bits per heavy atom. The van der Waals surface area contributed by atoms with Crippen LogP contribution in [0.2, 0.25) is 0 Å². The first kappa shape index (κ1) is 7.95. The van der Waals surface area contributed by atoms with E-state index in [-0.39, 0.29) is 6.04 Å². The van der Waals surface area contributed by atoms with Crippen LogP contribution in [0.4, 0.5) is 4.39 Å². The fourth-order valence-corrected chi connectivity index (χ4v) is 1.24. The number of alkyl halides is 1. The van der Waals surface area contributed by atoms with Crippen LogP contribution in [0.15, 0.2) is 0 Å². The third-order valence-electron chi connectivity index (χ3n) is 1.69. The monoisotopic (exact) mass is 146 g/mol. The van der Waals surface area contributed by atoms with Gasteiger partial charge in [-0.05, 0) is 0 Å². The van der Waals surface area contributed by atoms with Gasteiger partial charge in [0.25, 0.3) is 0 Å². The highest BCUT2D eigenvalue weighted by Gasteiger charge is 2.26. The van der Waals surface area contributed by atoms with Gasteiger partial charge in [0.05, 0.1) is 6.04 Å². The Kier molecular flexibility index (Phi) is 2.63. The first-order chi connectivity index (χ1) is 4.70. The van der Waals surface area contributed by atoms with Crippen molar-refractivity contribution in [2.24, 2.45) is 0 Å². The van der Waals surface area contributed by atoms with Crippen LogP contribution in [0.25, 0.3) is 0 Å². The van der Waals surface area contributed by atoms with Crippen molar-refractivity contribution in [1.29, 1.82) is 0 Å². The maximum atomic E-state index is 12.8. The van der Waals surface area contributed by atoms with Gasteiger partial charge in [0.15, 0.2) is 0 Å². The van der Waals surface area contributed by atoms with Crippen LogP contribution >= 0.6 is 0 Å². The number of hydrogen-bond donors (Lipinski definition) is 2. The van der Waals surface area contributed by atoms with Crippen molar-refractivity contribution in [2.75, 3.05) is 13.1 Å².